The van der Waals surface area contributed by atoms with Crippen molar-refractivity contribution in [2.24, 2.45) is 0 Å². The lowest BCUT2D eigenvalue weighted by Crippen LogP contribution is -1.84. The Balaban J connectivity index is 3.00. The Bertz CT molecular complexity index is 58.3. The molecule has 0 aromatic rings. The second kappa shape index (κ2) is 7.47. The van der Waals surface area contributed by atoms with Gasteiger partial charge in [0.25, 0.3) is 0 Å². The van der Waals surface area contributed by atoms with Crippen LogP contribution in [0.4, 0.5) is 4.20 Å². The van der Waals surface area contributed by atoms with Gasteiger partial charge in [0.15, 0.2) is 0 Å². The monoisotopic (exact) mass is 164 g/mol. The second-order valence-electron chi connectivity index (χ2n) is 2.62. The zero-order chi connectivity index (χ0) is 7.82. The predicted octanol–water partition coefficient (Wildman–Crippen LogP) is 3.95. The zero-order valence-electron chi connectivity index (χ0n) is 7.07. The summed E-state index contributed by atoms with van der Waals surface area (Å²) in [6.45, 7) is 4.23. The highest BCUT2D eigenvalue weighted by Gasteiger charge is 2.03. The molecule has 0 fully saturated rings. The van der Waals surface area contributed by atoms with Crippen molar-refractivity contribution in [1.82, 2.24) is 0 Å². The van der Waals surface area contributed by atoms with Crippen LogP contribution in [-0.2, 0) is 0 Å². The van der Waals surface area contributed by atoms with Gasteiger partial charge < -0.3 is 0 Å². The minimum absolute atomic E-state index is 0.839. The van der Waals surface area contributed by atoms with Crippen molar-refractivity contribution >= 4 is 8.23 Å². The van der Waals surface area contributed by atoms with Crippen molar-refractivity contribution < 1.29 is 4.20 Å². The zero-order valence-corrected chi connectivity index (χ0v) is 7.96. The highest BCUT2D eigenvalue weighted by Crippen LogP contribution is 2.38. The molecule has 0 nitrogen and oxygen atoms in total. The Morgan fingerprint density at radius 1 is 1.00 bits per heavy atom. The third-order valence-corrected chi connectivity index (χ3v) is 3.11. The van der Waals surface area contributed by atoms with Crippen LogP contribution in [-0.4, -0.2) is 12.3 Å². The first-order valence-electron chi connectivity index (χ1n) is 4.22. The third kappa shape index (κ3) is 6.48. The van der Waals surface area contributed by atoms with Crippen LogP contribution < -0.4 is 0 Å². The Morgan fingerprint density at radius 2 is 1.40 bits per heavy atom. The van der Waals surface area contributed by atoms with E-state index in [1.807, 2.05) is 0 Å². The van der Waals surface area contributed by atoms with E-state index in [1.54, 1.807) is 0 Å². The summed E-state index contributed by atoms with van der Waals surface area (Å²) in [5.41, 5.74) is 0. The molecular formula is C8H18FP. The van der Waals surface area contributed by atoms with E-state index in [2.05, 4.69) is 13.8 Å². The first kappa shape index (κ1) is 10.4. The molecule has 0 spiro atoms. The standard InChI is InChI=1S/C8H18FP/c1-3-5-7-10(9)8-6-4-2/h3-8H2,1-2H3. The van der Waals surface area contributed by atoms with Crippen LogP contribution in [0.3, 0.4) is 0 Å². The SMILES string of the molecule is CCCCP(F)CCCC. The predicted molar refractivity (Wildman–Crippen MR) is 47.6 cm³/mol. The van der Waals surface area contributed by atoms with E-state index in [9.17, 15) is 4.20 Å². The third-order valence-electron chi connectivity index (χ3n) is 1.51. The van der Waals surface area contributed by atoms with Crippen LogP contribution in [0.15, 0.2) is 0 Å². The lowest BCUT2D eigenvalue weighted by Gasteiger charge is -2.04. The van der Waals surface area contributed by atoms with Gasteiger partial charge in [-0.05, 0) is 25.2 Å². The Morgan fingerprint density at radius 3 is 1.70 bits per heavy atom. The minimum Gasteiger partial charge on any atom is -0.227 e. The Labute approximate surface area is 65.1 Å². The van der Waals surface area contributed by atoms with Gasteiger partial charge in [0.05, 0.1) is 8.23 Å². The lowest BCUT2D eigenvalue weighted by molar-refractivity contribution is 0.803. The molecule has 0 bridgehead atoms. The summed E-state index contributed by atoms with van der Waals surface area (Å²) in [5.74, 6) is 0. The molecular weight excluding hydrogens is 146 g/mol. The van der Waals surface area contributed by atoms with Gasteiger partial charge in [-0.2, -0.15) is 0 Å². The molecule has 10 heavy (non-hydrogen) atoms. The van der Waals surface area contributed by atoms with Crippen LogP contribution in [0, 0.1) is 0 Å². The fraction of sp³-hybridized carbons (Fsp3) is 1.00. The molecule has 0 unspecified atom stereocenters. The smallest absolute Gasteiger partial charge is 0.0813 e. The van der Waals surface area contributed by atoms with Gasteiger partial charge in [0, 0.05) is 0 Å². The summed E-state index contributed by atoms with van der Waals surface area (Å²) < 4.78 is 12.8. The van der Waals surface area contributed by atoms with E-state index in [0.717, 1.165) is 38.0 Å². The van der Waals surface area contributed by atoms with E-state index in [1.165, 1.54) is 0 Å². The van der Waals surface area contributed by atoms with Crippen LogP contribution in [0.5, 0.6) is 0 Å². The number of hydrogen-bond acceptors (Lipinski definition) is 0. The van der Waals surface area contributed by atoms with Crippen molar-refractivity contribution in [2.75, 3.05) is 12.3 Å². The van der Waals surface area contributed by atoms with Gasteiger partial charge in [0.2, 0.25) is 0 Å². The molecule has 0 N–H and O–H groups in total. The summed E-state index contributed by atoms with van der Waals surface area (Å²) in [6, 6.07) is 0. The molecule has 62 valence electrons. The number of halogens is 1. The fourth-order valence-electron chi connectivity index (χ4n) is 0.771. The summed E-state index contributed by atoms with van der Waals surface area (Å²) in [4.78, 5) is 0. The molecule has 0 rings (SSSR count). The van der Waals surface area contributed by atoms with Gasteiger partial charge in [-0.15, -0.1) is 0 Å². The molecule has 0 heterocycles. The average molecular weight is 164 g/mol. The first-order chi connectivity index (χ1) is 4.81. The van der Waals surface area contributed by atoms with Crippen molar-refractivity contribution in [3.63, 3.8) is 0 Å². The van der Waals surface area contributed by atoms with Crippen molar-refractivity contribution in [1.29, 1.82) is 0 Å². The molecule has 2 heteroatoms. The van der Waals surface area contributed by atoms with Crippen molar-refractivity contribution in [2.45, 2.75) is 39.5 Å². The maximum atomic E-state index is 12.8. The Kier molecular flexibility index (Phi) is 7.74. The van der Waals surface area contributed by atoms with E-state index in [0.29, 0.717) is 0 Å². The molecule has 0 aromatic carbocycles. The summed E-state index contributed by atoms with van der Waals surface area (Å²) in [7, 11) is -1.09. The van der Waals surface area contributed by atoms with E-state index < -0.39 is 8.23 Å². The summed E-state index contributed by atoms with van der Waals surface area (Å²) >= 11 is 0. The number of unbranched alkanes of at least 4 members (excludes halogenated alkanes) is 2. The first-order valence-corrected chi connectivity index (χ1v) is 5.82. The lowest BCUT2D eigenvalue weighted by atomic mass is 10.4. The fourth-order valence-corrected chi connectivity index (χ4v) is 2.31. The van der Waals surface area contributed by atoms with Crippen molar-refractivity contribution in [3.05, 3.63) is 0 Å². The second-order valence-corrected chi connectivity index (χ2v) is 4.44. The summed E-state index contributed by atoms with van der Waals surface area (Å²) in [6.07, 6.45) is 6.10. The molecule has 0 aliphatic carbocycles. The number of hydrogen-bond donors (Lipinski definition) is 0. The van der Waals surface area contributed by atoms with Gasteiger partial charge in [-0.1, -0.05) is 26.7 Å². The van der Waals surface area contributed by atoms with Crippen LogP contribution in [0.25, 0.3) is 0 Å². The van der Waals surface area contributed by atoms with Crippen LogP contribution >= 0.6 is 8.23 Å². The maximum Gasteiger partial charge on any atom is 0.0813 e. The molecule has 0 radical (unpaired) electrons. The topological polar surface area (TPSA) is 0 Å². The van der Waals surface area contributed by atoms with Crippen molar-refractivity contribution in [3.8, 4) is 0 Å². The average Bonchev–Trinajstić information content (AvgIpc) is 1.97. The molecule has 0 saturated heterocycles. The molecule has 0 amide bonds. The quantitative estimate of drug-likeness (QED) is 0.521. The number of rotatable bonds is 6. The highest BCUT2D eigenvalue weighted by atomic mass is 31.2. The molecule has 0 atom stereocenters. The normalized spacial score (nSPS) is 10.8. The maximum absolute atomic E-state index is 12.8. The molecule has 0 aliphatic rings. The van der Waals surface area contributed by atoms with Gasteiger partial charge in [-0.3, -0.25) is 0 Å². The van der Waals surface area contributed by atoms with Crippen LogP contribution in [0.1, 0.15) is 39.5 Å². The van der Waals surface area contributed by atoms with E-state index in [4.69, 9.17) is 0 Å². The van der Waals surface area contributed by atoms with Gasteiger partial charge in [-0.25, -0.2) is 4.20 Å². The van der Waals surface area contributed by atoms with Crippen LogP contribution in [0.2, 0.25) is 0 Å². The summed E-state index contributed by atoms with van der Waals surface area (Å²) in [5, 5.41) is 0. The Hall–Kier alpha value is 0.360. The molecule has 0 saturated carbocycles. The van der Waals surface area contributed by atoms with E-state index >= 15 is 0 Å². The molecule has 0 aromatic heterocycles. The van der Waals surface area contributed by atoms with Gasteiger partial charge >= 0.3 is 0 Å². The highest BCUT2D eigenvalue weighted by molar-refractivity contribution is 7.52. The van der Waals surface area contributed by atoms with Gasteiger partial charge in [0.1, 0.15) is 0 Å². The molecule has 0 aliphatic heterocycles. The minimum atomic E-state index is -1.09. The van der Waals surface area contributed by atoms with E-state index in [-0.39, 0.29) is 0 Å². The largest absolute Gasteiger partial charge is 0.227 e.